The zero-order chi connectivity index (χ0) is 18.4. The number of amides is 2. The molecule has 2 amide bonds. The lowest BCUT2D eigenvalue weighted by Crippen LogP contribution is -2.45. The molecule has 0 aliphatic heterocycles. The summed E-state index contributed by atoms with van der Waals surface area (Å²) in [6.07, 6.45) is -2.18. The van der Waals surface area contributed by atoms with E-state index in [1.165, 1.54) is 18.3 Å². The van der Waals surface area contributed by atoms with Gasteiger partial charge in [-0.3, -0.25) is 0 Å². The molecule has 1 aromatic heterocycles. The van der Waals surface area contributed by atoms with Crippen molar-refractivity contribution in [2.75, 3.05) is 0 Å². The van der Waals surface area contributed by atoms with Gasteiger partial charge in [0.05, 0.1) is 5.92 Å². The van der Waals surface area contributed by atoms with Gasteiger partial charge in [-0.1, -0.05) is 6.42 Å². The van der Waals surface area contributed by atoms with E-state index in [4.69, 9.17) is 0 Å². The molecule has 140 valence electrons. The van der Waals surface area contributed by atoms with Gasteiger partial charge < -0.3 is 15.4 Å². The molecule has 2 unspecified atom stereocenters. The monoisotopic (exact) mass is 367 g/mol. The standard InChI is InChI=1S/C15H18F5N3O2/c16-13(17)25-12-6-9(4-5-21-12)8-22-14(24)23-11-3-1-2-10(7-11)15(18,19)20/h4-6,10-11,13H,1-3,7-8H2,(H2,22,23,24). The van der Waals surface area contributed by atoms with Crippen molar-refractivity contribution in [1.82, 2.24) is 15.6 Å². The highest BCUT2D eigenvalue weighted by Gasteiger charge is 2.42. The Morgan fingerprint density at radius 2 is 2.12 bits per heavy atom. The topological polar surface area (TPSA) is 63.2 Å². The van der Waals surface area contributed by atoms with Crippen LogP contribution in [-0.2, 0) is 6.54 Å². The van der Waals surface area contributed by atoms with Crippen LogP contribution in [0.15, 0.2) is 18.3 Å². The van der Waals surface area contributed by atoms with Crippen LogP contribution in [0, 0.1) is 5.92 Å². The molecule has 0 radical (unpaired) electrons. The second-order valence-electron chi connectivity index (χ2n) is 5.81. The van der Waals surface area contributed by atoms with Crippen LogP contribution < -0.4 is 15.4 Å². The summed E-state index contributed by atoms with van der Waals surface area (Å²) in [5.74, 6) is -1.68. The van der Waals surface area contributed by atoms with Crippen LogP contribution in [0.4, 0.5) is 26.7 Å². The fraction of sp³-hybridized carbons (Fsp3) is 0.600. The first-order valence-corrected chi connectivity index (χ1v) is 7.75. The summed E-state index contributed by atoms with van der Waals surface area (Å²) < 4.78 is 66.6. The first-order valence-electron chi connectivity index (χ1n) is 7.75. The highest BCUT2D eigenvalue weighted by atomic mass is 19.4. The Morgan fingerprint density at radius 1 is 1.36 bits per heavy atom. The SMILES string of the molecule is O=C(NCc1ccnc(OC(F)F)c1)NC1CCCC(C(F)(F)F)C1. The summed E-state index contributed by atoms with van der Waals surface area (Å²) in [6, 6.07) is 1.59. The average Bonchev–Trinajstić information content (AvgIpc) is 2.52. The number of nitrogens with one attached hydrogen (secondary N) is 2. The molecule has 0 saturated heterocycles. The maximum atomic E-state index is 12.8. The van der Waals surface area contributed by atoms with Crippen molar-refractivity contribution in [2.24, 2.45) is 5.92 Å². The number of pyridine rings is 1. The number of halogens is 5. The van der Waals surface area contributed by atoms with Crippen molar-refractivity contribution in [2.45, 2.75) is 51.1 Å². The van der Waals surface area contributed by atoms with Crippen LogP contribution >= 0.6 is 0 Å². The number of aromatic nitrogens is 1. The van der Waals surface area contributed by atoms with E-state index in [0.29, 0.717) is 18.4 Å². The van der Waals surface area contributed by atoms with Crippen molar-refractivity contribution in [3.8, 4) is 5.88 Å². The van der Waals surface area contributed by atoms with E-state index in [9.17, 15) is 26.7 Å². The van der Waals surface area contributed by atoms with Crippen molar-refractivity contribution in [3.05, 3.63) is 23.9 Å². The van der Waals surface area contributed by atoms with Crippen LogP contribution in [0.3, 0.4) is 0 Å². The minimum atomic E-state index is -4.25. The van der Waals surface area contributed by atoms with E-state index in [1.807, 2.05) is 0 Å². The molecule has 25 heavy (non-hydrogen) atoms. The molecular formula is C15H18F5N3O2. The maximum absolute atomic E-state index is 12.8. The zero-order valence-corrected chi connectivity index (χ0v) is 13.2. The van der Waals surface area contributed by atoms with E-state index in [-0.39, 0.29) is 25.3 Å². The highest BCUT2D eigenvalue weighted by molar-refractivity contribution is 5.74. The number of alkyl halides is 5. The number of ether oxygens (including phenoxy) is 1. The Labute approximate surface area is 140 Å². The predicted octanol–water partition coefficient (Wildman–Crippen LogP) is 3.60. The predicted molar refractivity (Wildman–Crippen MR) is 78.0 cm³/mol. The Kier molecular flexibility index (Phi) is 6.38. The average molecular weight is 367 g/mol. The minimum Gasteiger partial charge on any atom is -0.417 e. The number of carbonyl (C=O) groups is 1. The third-order valence-electron chi connectivity index (χ3n) is 3.93. The molecule has 2 N–H and O–H groups in total. The van der Waals surface area contributed by atoms with Crippen molar-refractivity contribution in [3.63, 3.8) is 0 Å². The molecule has 1 aromatic rings. The molecule has 10 heteroatoms. The fourth-order valence-corrected chi connectivity index (χ4v) is 2.75. The van der Waals surface area contributed by atoms with Crippen molar-refractivity contribution in [1.29, 1.82) is 0 Å². The second kappa shape index (κ2) is 8.30. The third-order valence-corrected chi connectivity index (χ3v) is 3.93. The molecule has 0 aromatic carbocycles. The molecule has 2 rings (SSSR count). The van der Waals surface area contributed by atoms with Gasteiger partial charge in [-0.15, -0.1) is 0 Å². The molecule has 0 bridgehead atoms. The Hall–Kier alpha value is -2.13. The second-order valence-corrected chi connectivity index (χ2v) is 5.81. The van der Waals surface area contributed by atoms with Crippen LogP contribution in [0.1, 0.15) is 31.2 Å². The number of urea groups is 1. The summed E-state index contributed by atoms with van der Waals surface area (Å²) in [7, 11) is 0. The van der Waals surface area contributed by atoms with Gasteiger partial charge in [0.2, 0.25) is 5.88 Å². The molecule has 5 nitrogen and oxygen atoms in total. The number of nitrogens with zero attached hydrogens (tertiary/aromatic N) is 1. The lowest BCUT2D eigenvalue weighted by atomic mass is 9.85. The first kappa shape index (κ1) is 19.2. The van der Waals surface area contributed by atoms with Gasteiger partial charge in [0.25, 0.3) is 0 Å². The van der Waals surface area contributed by atoms with Gasteiger partial charge in [-0.05, 0) is 30.9 Å². The highest BCUT2D eigenvalue weighted by Crippen LogP contribution is 2.37. The van der Waals surface area contributed by atoms with Gasteiger partial charge >= 0.3 is 18.8 Å². The Balaban J connectivity index is 1.81. The van der Waals surface area contributed by atoms with Crippen LogP contribution in [0.5, 0.6) is 5.88 Å². The van der Waals surface area contributed by atoms with Gasteiger partial charge in [-0.2, -0.15) is 22.0 Å². The molecule has 1 aliphatic carbocycles. The fourth-order valence-electron chi connectivity index (χ4n) is 2.75. The maximum Gasteiger partial charge on any atom is 0.391 e. The lowest BCUT2D eigenvalue weighted by Gasteiger charge is -2.31. The lowest BCUT2D eigenvalue weighted by molar-refractivity contribution is -0.183. The summed E-state index contributed by atoms with van der Waals surface area (Å²) in [6.45, 7) is -3.00. The summed E-state index contributed by atoms with van der Waals surface area (Å²) in [5, 5.41) is 5.00. The summed E-state index contributed by atoms with van der Waals surface area (Å²) >= 11 is 0. The van der Waals surface area contributed by atoms with Gasteiger partial charge in [0, 0.05) is 24.8 Å². The number of hydrogen-bond donors (Lipinski definition) is 2. The Bertz CT molecular complexity index is 583. The van der Waals surface area contributed by atoms with Crippen LogP contribution in [0.25, 0.3) is 0 Å². The van der Waals surface area contributed by atoms with Crippen LogP contribution in [-0.4, -0.2) is 29.8 Å². The third kappa shape index (κ3) is 6.35. The largest absolute Gasteiger partial charge is 0.417 e. The molecule has 2 atom stereocenters. The van der Waals surface area contributed by atoms with E-state index in [2.05, 4.69) is 20.4 Å². The van der Waals surface area contributed by atoms with Crippen molar-refractivity contribution >= 4 is 6.03 Å². The van der Waals surface area contributed by atoms with E-state index < -0.39 is 30.8 Å². The van der Waals surface area contributed by atoms with Crippen molar-refractivity contribution < 1.29 is 31.5 Å². The quantitative estimate of drug-likeness (QED) is 0.782. The number of rotatable bonds is 5. The van der Waals surface area contributed by atoms with Gasteiger partial charge in [0.15, 0.2) is 0 Å². The summed E-state index contributed by atoms with van der Waals surface area (Å²) in [4.78, 5) is 15.4. The molecule has 1 heterocycles. The summed E-state index contributed by atoms with van der Waals surface area (Å²) in [5.41, 5.74) is 0.470. The number of hydrogen-bond acceptors (Lipinski definition) is 3. The van der Waals surface area contributed by atoms with E-state index in [0.717, 1.165) is 0 Å². The number of carbonyl (C=O) groups excluding carboxylic acids is 1. The Morgan fingerprint density at radius 3 is 2.80 bits per heavy atom. The molecule has 1 saturated carbocycles. The molecule has 1 fully saturated rings. The first-order chi connectivity index (χ1) is 11.7. The van der Waals surface area contributed by atoms with E-state index in [1.54, 1.807) is 0 Å². The zero-order valence-electron chi connectivity index (χ0n) is 13.2. The molecule has 0 spiro atoms. The van der Waals surface area contributed by atoms with E-state index >= 15 is 0 Å². The molecular weight excluding hydrogens is 349 g/mol. The smallest absolute Gasteiger partial charge is 0.391 e. The van der Waals surface area contributed by atoms with Gasteiger partial charge in [-0.25, -0.2) is 9.78 Å². The minimum absolute atomic E-state index is 0.00334. The van der Waals surface area contributed by atoms with Crippen LogP contribution in [0.2, 0.25) is 0 Å². The molecule has 1 aliphatic rings. The normalized spacial score (nSPS) is 21.0. The van der Waals surface area contributed by atoms with Gasteiger partial charge in [0.1, 0.15) is 0 Å².